The summed E-state index contributed by atoms with van der Waals surface area (Å²) in [6.45, 7) is 4.33. The van der Waals surface area contributed by atoms with Crippen LogP contribution in [0.3, 0.4) is 0 Å². The number of carbonyl (C=O) groups is 3. The summed E-state index contributed by atoms with van der Waals surface area (Å²) in [4.78, 5) is 38.0. The molecule has 0 radical (unpaired) electrons. The monoisotopic (exact) mass is 414 g/mol. The van der Waals surface area contributed by atoms with Gasteiger partial charge >= 0.3 is 0 Å². The number of benzene rings is 1. The van der Waals surface area contributed by atoms with Crippen LogP contribution in [0.4, 0.5) is 0 Å². The van der Waals surface area contributed by atoms with E-state index in [4.69, 9.17) is 23.2 Å². The van der Waals surface area contributed by atoms with Gasteiger partial charge in [-0.05, 0) is 44.1 Å². The summed E-state index contributed by atoms with van der Waals surface area (Å²) in [5.74, 6) is -1.20. The van der Waals surface area contributed by atoms with E-state index in [2.05, 4.69) is 27.8 Å². The first kappa shape index (κ1) is 21.5. The van der Waals surface area contributed by atoms with E-state index in [9.17, 15) is 14.4 Å². The van der Waals surface area contributed by atoms with Gasteiger partial charge in [-0.25, -0.2) is 0 Å². The van der Waals surface area contributed by atoms with Gasteiger partial charge in [0.2, 0.25) is 11.8 Å². The smallest absolute Gasteiger partial charge is 0.253 e. The van der Waals surface area contributed by atoms with Crippen molar-refractivity contribution < 1.29 is 14.4 Å². The highest BCUT2D eigenvalue weighted by Gasteiger charge is 2.23. The molecule has 1 unspecified atom stereocenters. The molecule has 1 aromatic carbocycles. The Morgan fingerprint density at radius 1 is 1.11 bits per heavy atom. The molecule has 2 rings (SSSR count). The molecule has 0 aromatic heterocycles. The summed E-state index contributed by atoms with van der Waals surface area (Å²) < 4.78 is 0. The zero-order valence-corrected chi connectivity index (χ0v) is 16.7. The van der Waals surface area contributed by atoms with E-state index in [0.717, 1.165) is 25.9 Å². The topological polar surface area (TPSA) is 90.5 Å². The second kappa shape index (κ2) is 10.5. The molecule has 7 nitrogen and oxygen atoms in total. The fourth-order valence-corrected chi connectivity index (χ4v) is 3.50. The molecule has 1 heterocycles. The van der Waals surface area contributed by atoms with Crippen molar-refractivity contribution in [3.8, 4) is 0 Å². The summed E-state index contributed by atoms with van der Waals surface area (Å²) in [5.41, 5.74) is 0.226. The molecular weight excluding hydrogens is 391 g/mol. The van der Waals surface area contributed by atoms with Crippen molar-refractivity contribution in [1.29, 1.82) is 0 Å². The normalized spacial score (nSPS) is 16.8. The van der Waals surface area contributed by atoms with Crippen molar-refractivity contribution in [1.82, 2.24) is 20.9 Å². The fourth-order valence-electron chi connectivity index (χ4n) is 3.01. The molecule has 27 heavy (non-hydrogen) atoms. The van der Waals surface area contributed by atoms with Gasteiger partial charge in [0.15, 0.2) is 0 Å². The molecule has 1 fully saturated rings. The lowest BCUT2D eigenvalue weighted by molar-refractivity contribution is -0.125. The molecule has 148 valence electrons. The molecule has 0 spiro atoms. The number of rotatable bonds is 8. The molecule has 1 aromatic rings. The Kier molecular flexibility index (Phi) is 8.34. The van der Waals surface area contributed by atoms with Crippen LogP contribution in [-0.2, 0) is 9.59 Å². The number of likely N-dealkylation sites (tertiary alicyclic amines) is 1. The fraction of sp³-hybridized carbons (Fsp3) is 0.500. The van der Waals surface area contributed by atoms with Crippen LogP contribution in [-0.4, -0.2) is 61.4 Å². The zero-order chi connectivity index (χ0) is 19.8. The molecule has 0 saturated carbocycles. The molecule has 0 aliphatic carbocycles. The largest absolute Gasteiger partial charge is 0.353 e. The standard InChI is InChI=1S/C18H24Cl2N4O3/c1-2-24-7-3-4-13(24)9-21-16(25)10-22-17(26)11-23-18(27)14-6-5-12(19)8-15(14)20/h5-6,8,13H,2-4,7,9-11H2,1H3,(H,21,25)(H,22,26)(H,23,27). The van der Waals surface area contributed by atoms with Gasteiger partial charge in [0, 0.05) is 17.6 Å². The summed E-state index contributed by atoms with van der Waals surface area (Å²) in [5, 5.41) is 8.39. The van der Waals surface area contributed by atoms with Crippen LogP contribution in [0.15, 0.2) is 18.2 Å². The van der Waals surface area contributed by atoms with E-state index >= 15 is 0 Å². The van der Waals surface area contributed by atoms with E-state index in [-0.39, 0.29) is 29.6 Å². The van der Waals surface area contributed by atoms with E-state index < -0.39 is 11.8 Å². The first-order chi connectivity index (χ1) is 12.9. The van der Waals surface area contributed by atoms with Crippen LogP contribution in [0.2, 0.25) is 10.0 Å². The molecule has 3 amide bonds. The Bertz CT molecular complexity index is 699. The Hall–Kier alpha value is -1.83. The number of likely N-dealkylation sites (N-methyl/N-ethyl adjacent to an activating group) is 1. The summed E-state index contributed by atoms with van der Waals surface area (Å²) in [6.07, 6.45) is 2.21. The third-order valence-corrected chi connectivity index (χ3v) is 5.02. The quantitative estimate of drug-likeness (QED) is 0.600. The first-order valence-corrected chi connectivity index (χ1v) is 9.67. The minimum atomic E-state index is -0.489. The lowest BCUT2D eigenvalue weighted by atomic mass is 10.2. The van der Waals surface area contributed by atoms with Gasteiger partial charge in [-0.2, -0.15) is 0 Å². The molecule has 1 saturated heterocycles. The van der Waals surface area contributed by atoms with Crippen LogP contribution in [0.5, 0.6) is 0 Å². The second-order valence-electron chi connectivity index (χ2n) is 6.31. The number of hydrogen-bond acceptors (Lipinski definition) is 4. The van der Waals surface area contributed by atoms with Crippen molar-refractivity contribution in [3.05, 3.63) is 33.8 Å². The van der Waals surface area contributed by atoms with Crippen LogP contribution in [0.1, 0.15) is 30.1 Å². The van der Waals surface area contributed by atoms with Crippen molar-refractivity contribution in [2.45, 2.75) is 25.8 Å². The van der Waals surface area contributed by atoms with Crippen LogP contribution < -0.4 is 16.0 Å². The highest BCUT2D eigenvalue weighted by Crippen LogP contribution is 2.20. The maximum atomic E-state index is 12.0. The summed E-state index contributed by atoms with van der Waals surface area (Å²) >= 11 is 11.7. The molecule has 9 heteroatoms. The predicted molar refractivity (Wildman–Crippen MR) is 105 cm³/mol. The Morgan fingerprint density at radius 3 is 2.52 bits per heavy atom. The number of halogens is 2. The molecule has 3 N–H and O–H groups in total. The van der Waals surface area contributed by atoms with Gasteiger partial charge in [-0.15, -0.1) is 0 Å². The van der Waals surface area contributed by atoms with E-state index in [0.29, 0.717) is 17.6 Å². The van der Waals surface area contributed by atoms with Crippen molar-refractivity contribution >= 4 is 40.9 Å². The number of carbonyl (C=O) groups excluding carboxylic acids is 3. The number of amides is 3. The van der Waals surface area contributed by atoms with E-state index in [1.807, 2.05) is 0 Å². The van der Waals surface area contributed by atoms with E-state index in [1.165, 1.54) is 18.2 Å². The molecule has 0 bridgehead atoms. The number of nitrogens with one attached hydrogen (secondary N) is 3. The number of hydrogen-bond donors (Lipinski definition) is 3. The average Bonchev–Trinajstić information content (AvgIpc) is 3.10. The van der Waals surface area contributed by atoms with Crippen molar-refractivity contribution in [2.75, 3.05) is 32.7 Å². The van der Waals surface area contributed by atoms with Gasteiger partial charge < -0.3 is 16.0 Å². The minimum Gasteiger partial charge on any atom is -0.353 e. The van der Waals surface area contributed by atoms with Crippen LogP contribution in [0, 0.1) is 0 Å². The molecule has 1 aliphatic rings. The molecular formula is C18H24Cl2N4O3. The van der Waals surface area contributed by atoms with Crippen molar-refractivity contribution in [2.24, 2.45) is 0 Å². The van der Waals surface area contributed by atoms with Crippen LogP contribution >= 0.6 is 23.2 Å². The van der Waals surface area contributed by atoms with Gasteiger partial charge in [-0.1, -0.05) is 30.1 Å². The average molecular weight is 415 g/mol. The van der Waals surface area contributed by atoms with Crippen molar-refractivity contribution in [3.63, 3.8) is 0 Å². The number of nitrogens with zero attached hydrogens (tertiary/aromatic N) is 1. The Morgan fingerprint density at radius 2 is 1.81 bits per heavy atom. The lowest BCUT2D eigenvalue weighted by Gasteiger charge is -2.22. The SMILES string of the molecule is CCN1CCCC1CNC(=O)CNC(=O)CNC(=O)c1ccc(Cl)cc1Cl. The minimum absolute atomic E-state index is 0.130. The highest BCUT2D eigenvalue weighted by molar-refractivity contribution is 6.36. The summed E-state index contributed by atoms with van der Waals surface area (Å²) in [7, 11) is 0. The predicted octanol–water partition coefficient (Wildman–Crippen LogP) is 1.44. The lowest BCUT2D eigenvalue weighted by Crippen LogP contribution is -2.45. The molecule has 1 atom stereocenters. The van der Waals surface area contributed by atoms with E-state index in [1.54, 1.807) is 0 Å². The third kappa shape index (κ3) is 6.68. The zero-order valence-electron chi connectivity index (χ0n) is 15.2. The Labute approximate surface area is 168 Å². The van der Waals surface area contributed by atoms with Gasteiger partial charge in [0.1, 0.15) is 0 Å². The first-order valence-electron chi connectivity index (χ1n) is 8.91. The third-order valence-electron chi connectivity index (χ3n) is 4.47. The van der Waals surface area contributed by atoms with Gasteiger partial charge in [-0.3, -0.25) is 19.3 Å². The maximum Gasteiger partial charge on any atom is 0.253 e. The van der Waals surface area contributed by atoms with Gasteiger partial charge in [0.05, 0.1) is 23.7 Å². The Balaban J connectivity index is 1.66. The van der Waals surface area contributed by atoms with Crippen LogP contribution in [0.25, 0.3) is 0 Å². The highest BCUT2D eigenvalue weighted by atomic mass is 35.5. The maximum absolute atomic E-state index is 12.0. The second-order valence-corrected chi connectivity index (χ2v) is 7.16. The molecule has 1 aliphatic heterocycles. The van der Waals surface area contributed by atoms with Gasteiger partial charge in [0.25, 0.3) is 5.91 Å². The summed E-state index contributed by atoms with van der Waals surface area (Å²) in [6, 6.07) is 4.83.